The molecule has 10 atom stereocenters. The quantitative estimate of drug-likeness (QED) is 0.0294. The van der Waals surface area contributed by atoms with E-state index in [0.717, 1.165) is 25.7 Å². The molecule has 2 aromatic carbocycles. The Bertz CT molecular complexity index is 2370. The molecule has 4 heterocycles. The number of ether oxygens (including phenoxy) is 6. The van der Waals surface area contributed by atoms with E-state index in [1.54, 1.807) is 27.7 Å². The molecule has 0 spiro atoms. The van der Waals surface area contributed by atoms with Gasteiger partial charge in [0.25, 0.3) is 8.32 Å². The summed E-state index contributed by atoms with van der Waals surface area (Å²) in [5.41, 5.74) is -8.19. The molecule has 1 N–H and O–H groups in total. The molecule has 2 aromatic rings. The number of fused-ring (bicyclic) bond motifs is 2. The number of carbonyl (C=O) groups is 3. The third kappa shape index (κ3) is 18.3. The average molecular weight is 1340 g/mol. The maximum atomic E-state index is 12.6. The number of alkyl halides is 3. The van der Waals surface area contributed by atoms with Crippen LogP contribution >= 0.6 is 0 Å². The minimum atomic E-state index is -5.78. The molecule has 4 fully saturated rings. The van der Waals surface area contributed by atoms with E-state index in [1.165, 1.54) is 17.3 Å². The monoisotopic (exact) mass is 1340 g/mol. The van der Waals surface area contributed by atoms with Gasteiger partial charge >= 0.3 is 27.6 Å². The molecule has 80 heavy (non-hydrogen) atoms. The van der Waals surface area contributed by atoms with E-state index >= 15 is 0 Å². The van der Waals surface area contributed by atoms with Crippen molar-refractivity contribution in [1.29, 1.82) is 0 Å². The Morgan fingerprint density at radius 2 is 1.11 bits per heavy atom. The van der Waals surface area contributed by atoms with E-state index in [0.29, 0.717) is 58.2 Å². The summed E-state index contributed by atoms with van der Waals surface area (Å²) >= 11 is 0. The van der Waals surface area contributed by atoms with Crippen molar-refractivity contribution < 1.29 is 99.2 Å². The van der Waals surface area contributed by atoms with E-state index in [-0.39, 0.29) is 107 Å². The van der Waals surface area contributed by atoms with Crippen molar-refractivity contribution in [1.82, 2.24) is 0 Å². The second kappa shape index (κ2) is 29.2. The van der Waals surface area contributed by atoms with Crippen molar-refractivity contribution in [3.05, 3.63) is 73.0 Å². The van der Waals surface area contributed by atoms with Crippen LogP contribution in [0.5, 0.6) is 0 Å². The number of rotatable bonds is 22. The number of esters is 2. The van der Waals surface area contributed by atoms with E-state index in [2.05, 4.69) is 92.2 Å². The minimum Gasteiger partial charge on any atom is -0.465 e. The van der Waals surface area contributed by atoms with Crippen molar-refractivity contribution in [2.45, 2.75) is 226 Å². The summed E-state index contributed by atoms with van der Waals surface area (Å²) in [7, 11) is -8.58. The van der Waals surface area contributed by atoms with Gasteiger partial charge in [-0.1, -0.05) is 109 Å². The van der Waals surface area contributed by atoms with Crippen molar-refractivity contribution in [3.8, 4) is 0 Å². The molecule has 454 valence electrons. The second-order valence-electron chi connectivity index (χ2n) is 25.2. The molecular formula is C60H93F3O14SSiW. The molecule has 0 radical (unpaired) electrons. The Balaban J connectivity index is 0.000000424. The summed E-state index contributed by atoms with van der Waals surface area (Å²) in [6, 6.07) is 21.4. The van der Waals surface area contributed by atoms with Crippen LogP contribution in [0.2, 0.25) is 5.04 Å². The third-order valence-electron chi connectivity index (χ3n) is 15.6. The molecule has 0 saturated carbocycles. The molecule has 4 saturated heterocycles. The van der Waals surface area contributed by atoms with Crippen LogP contribution in [0.1, 0.15) is 168 Å². The van der Waals surface area contributed by atoms with Gasteiger partial charge in [0.05, 0.1) is 73.9 Å². The number of ketones is 1. The van der Waals surface area contributed by atoms with Crippen molar-refractivity contribution >= 4 is 46.5 Å². The number of Topliss-reactive ketones (excluding diaryl/α,β-unsaturated/α-hetero) is 1. The SMILES string of the molecule is C.C=C(OS(=O)(=O)C(F)(F)F)[C@H](C)CC1CC[C@@H]2O[C@@H](CCCOC(=O)C(C)(C)C)C[C@]2(CO)O1.CC(=O)[C@H](C)CC1CC[C@@H]2O[C@@H](CCCOC(=O)C(C)(C)C)C[C@]2(CO[Si](c2ccccc2)(c2ccccc2)C(C)(C)C)O1.[W]. The molecule has 14 nitrogen and oxygen atoms in total. The topological polar surface area (TPSA) is 179 Å². The van der Waals surface area contributed by atoms with Crippen molar-refractivity contribution in [2.24, 2.45) is 22.7 Å². The fraction of sp³-hybridized carbons (Fsp3) is 0.717. The Hall–Kier alpha value is -3.00. The molecule has 20 heteroatoms. The van der Waals surface area contributed by atoms with Gasteiger partial charge in [0.2, 0.25) is 0 Å². The normalized spacial score (nSPS) is 25.9. The van der Waals surface area contributed by atoms with Gasteiger partial charge in [-0.2, -0.15) is 21.6 Å². The minimum absolute atomic E-state index is 0. The van der Waals surface area contributed by atoms with Gasteiger partial charge in [0.15, 0.2) is 0 Å². The van der Waals surface area contributed by atoms with Gasteiger partial charge in [-0.3, -0.25) is 14.4 Å². The Morgan fingerprint density at radius 1 is 0.700 bits per heavy atom. The summed E-state index contributed by atoms with van der Waals surface area (Å²) in [5, 5.41) is 12.4. The first-order valence-electron chi connectivity index (χ1n) is 27.8. The first kappa shape index (κ1) is 71.3. The van der Waals surface area contributed by atoms with Crippen molar-refractivity contribution in [2.75, 3.05) is 26.4 Å². The molecule has 0 aliphatic carbocycles. The van der Waals surface area contributed by atoms with E-state index in [1.807, 2.05) is 27.7 Å². The van der Waals surface area contributed by atoms with Crippen molar-refractivity contribution in [3.63, 3.8) is 0 Å². The summed E-state index contributed by atoms with van der Waals surface area (Å²) in [4.78, 5) is 36.3. The zero-order valence-electron chi connectivity index (χ0n) is 48.6. The van der Waals surface area contributed by atoms with Gasteiger partial charge < -0.3 is 42.1 Å². The van der Waals surface area contributed by atoms with Crippen LogP contribution in [-0.4, -0.2) is 119 Å². The molecule has 0 amide bonds. The first-order chi connectivity index (χ1) is 36.2. The number of benzene rings is 2. The Morgan fingerprint density at radius 3 is 1.51 bits per heavy atom. The zero-order valence-corrected chi connectivity index (χ0v) is 53.4. The van der Waals surface area contributed by atoms with Crippen LogP contribution < -0.4 is 10.4 Å². The van der Waals surface area contributed by atoms with Crippen LogP contribution in [0.15, 0.2) is 73.0 Å². The second-order valence-corrected chi connectivity index (χ2v) is 31.0. The molecular weight excluding hydrogens is 1250 g/mol. The van der Waals surface area contributed by atoms with Gasteiger partial charge in [0.1, 0.15) is 22.7 Å². The van der Waals surface area contributed by atoms with Crippen LogP contribution in [0.4, 0.5) is 13.2 Å². The predicted molar refractivity (Wildman–Crippen MR) is 300 cm³/mol. The molecule has 4 aliphatic rings. The van der Waals surface area contributed by atoms with Crippen LogP contribution in [0.25, 0.3) is 0 Å². The molecule has 0 aromatic heterocycles. The fourth-order valence-electron chi connectivity index (χ4n) is 11.0. The van der Waals surface area contributed by atoms with Crippen LogP contribution in [0.3, 0.4) is 0 Å². The molecule has 4 aliphatic heterocycles. The maximum Gasteiger partial charge on any atom is 0.534 e. The number of halogens is 3. The van der Waals surface area contributed by atoms with E-state index in [9.17, 15) is 41.1 Å². The maximum absolute atomic E-state index is 12.6. The third-order valence-corrected chi connectivity index (χ3v) is 21.5. The average Bonchev–Trinajstić information content (AvgIpc) is 3.91. The zero-order chi connectivity index (χ0) is 58.1. The molecule has 2 unspecified atom stereocenters. The smallest absolute Gasteiger partial charge is 0.465 e. The number of carbonyl (C=O) groups excluding carboxylic acids is 3. The summed E-state index contributed by atoms with van der Waals surface area (Å²) in [6.07, 6.45) is 6.45. The standard InChI is InChI=1S/C37H54O6Si.C22H35F3O8S.CH4.W/c1-27(28(2)38)24-29-21-22-33-37(43-29,25-30(42-33)16-15-23-40-34(39)35(3,4)5)26-41-44(36(6,7)8,31-17-11-9-12-18-31)32-19-13-10-14-20-32;1-14(15(2)33-34(28,29)22(23,24)25)11-16-8-9-18-21(13-26,32-16)12-17(31-18)7-6-10-30-19(27)20(3,4)5;;/h9-14,17-20,27,29-30,33H,15-16,21-26H2,1-8H3;14,16-18,26H,2,6-13H2,1,3-5H3;1H4;/t27-,29?,30+,33+,37-;14-,16?,17+,18+,21-;;/m11../s1. The number of allylic oxidation sites excluding steroid dienone is 1. The van der Waals surface area contributed by atoms with E-state index in [4.69, 9.17) is 32.8 Å². The summed E-state index contributed by atoms with van der Waals surface area (Å²) in [5.74, 6) is -1.58. The largest absolute Gasteiger partial charge is 0.534 e. The fourth-order valence-corrected chi connectivity index (χ4v) is 16.2. The summed E-state index contributed by atoms with van der Waals surface area (Å²) in [6.45, 7) is 27.1. The van der Waals surface area contributed by atoms with Gasteiger partial charge in [-0.05, 0) is 128 Å². The molecule has 0 bridgehead atoms. The number of aliphatic hydroxyl groups is 1. The first-order valence-corrected chi connectivity index (χ1v) is 31.1. The summed E-state index contributed by atoms with van der Waals surface area (Å²) < 4.78 is 108. The predicted octanol–water partition coefficient (Wildman–Crippen LogP) is 11.1. The Labute approximate surface area is 491 Å². The Kier molecular flexibility index (Phi) is 26.0. The van der Waals surface area contributed by atoms with Gasteiger partial charge in [-0.15, -0.1) is 0 Å². The number of hydrogen-bond acceptors (Lipinski definition) is 14. The van der Waals surface area contributed by atoms with Gasteiger partial charge in [-0.25, -0.2) is 0 Å². The molecule has 6 rings (SSSR count). The number of aliphatic hydroxyl groups excluding tert-OH is 1. The van der Waals surface area contributed by atoms with Crippen LogP contribution in [0, 0.1) is 22.7 Å². The van der Waals surface area contributed by atoms with Crippen LogP contribution in [-0.2, 0) is 82.6 Å². The van der Waals surface area contributed by atoms with E-state index < -0.39 is 63.8 Å². The van der Waals surface area contributed by atoms with Gasteiger partial charge in [0, 0.05) is 45.7 Å². The number of hydrogen-bond donors (Lipinski definition) is 1.